The van der Waals surface area contributed by atoms with Crippen LogP contribution in [-0.2, 0) is 0 Å². The standard InChI is InChI=1S/C17H16FN/c18-14-4-1-11(2-5-14)12-3-6-15-13-7-8-19-17(10-13)16(15)9-12/h1-6,9,13,17,19H,7-8,10H2/t13-,17+/m1/s1. The minimum atomic E-state index is -0.178. The van der Waals surface area contributed by atoms with Crippen molar-refractivity contribution in [3.63, 3.8) is 0 Å². The first-order valence-corrected chi connectivity index (χ1v) is 6.94. The Morgan fingerprint density at radius 2 is 1.74 bits per heavy atom. The van der Waals surface area contributed by atoms with Crippen LogP contribution in [0.2, 0.25) is 0 Å². The zero-order chi connectivity index (χ0) is 12.8. The van der Waals surface area contributed by atoms with Gasteiger partial charge < -0.3 is 5.32 Å². The summed E-state index contributed by atoms with van der Waals surface area (Å²) in [6.45, 7) is 1.12. The summed E-state index contributed by atoms with van der Waals surface area (Å²) < 4.78 is 13.0. The minimum Gasteiger partial charge on any atom is -0.310 e. The van der Waals surface area contributed by atoms with Crippen LogP contribution >= 0.6 is 0 Å². The van der Waals surface area contributed by atoms with Gasteiger partial charge in [-0.05, 0) is 65.8 Å². The van der Waals surface area contributed by atoms with E-state index in [4.69, 9.17) is 0 Å². The van der Waals surface area contributed by atoms with Crippen molar-refractivity contribution in [1.29, 1.82) is 0 Å². The number of fused-ring (bicyclic) bond motifs is 5. The molecule has 2 aromatic rings. The second-order valence-corrected chi connectivity index (χ2v) is 5.58. The molecule has 1 fully saturated rings. The molecule has 1 saturated heterocycles. The largest absolute Gasteiger partial charge is 0.310 e. The van der Waals surface area contributed by atoms with Crippen LogP contribution in [0.3, 0.4) is 0 Å². The molecule has 0 radical (unpaired) electrons. The summed E-state index contributed by atoms with van der Waals surface area (Å²) in [7, 11) is 0. The van der Waals surface area contributed by atoms with Gasteiger partial charge in [0.2, 0.25) is 0 Å². The van der Waals surface area contributed by atoms with E-state index >= 15 is 0 Å². The van der Waals surface area contributed by atoms with Crippen molar-refractivity contribution in [1.82, 2.24) is 5.32 Å². The van der Waals surface area contributed by atoms with Gasteiger partial charge in [0.05, 0.1) is 0 Å². The van der Waals surface area contributed by atoms with Crippen LogP contribution in [0.4, 0.5) is 4.39 Å². The predicted molar refractivity (Wildman–Crippen MR) is 74.6 cm³/mol. The van der Waals surface area contributed by atoms with Crippen LogP contribution in [-0.4, -0.2) is 6.54 Å². The van der Waals surface area contributed by atoms with Gasteiger partial charge in [-0.1, -0.05) is 24.3 Å². The molecule has 2 aromatic carbocycles. The molecule has 0 aromatic heterocycles. The van der Waals surface area contributed by atoms with Crippen LogP contribution in [0, 0.1) is 5.82 Å². The number of benzene rings is 2. The zero-order valence-electron chi connectivity index (χ0n) is 10.7. The third kappa shape index (κ3) is 1.79. The van der Waals surface area contributed by atoms with Crippen LogP contribution < -0.4 is 5.32 Å². The monoisotopic (exact) mass is 253 g/mol. The highest BCUT2D eigenvalue weighted by Crippen LogP contribution is 2.45. The Labute approximate surface area is 112 Å². The van der Waals surface area contributed by atoms with Crippen molar-refractivity contribution in [2.24, 2.45) is 0 Å². The van der Waals surface area contributed by atoms with Gasteiger partial charge in [0.15, 0.2) is 0 Å². The Bertz CT molecular complexity index is 618. The molecule has 1 nitrogen and oxygen atoms in total. The molecule has 1 N–H and O–H groups in total. The van der Waals surface area contributed by atoms with Gasteiger partial charge in [-0.2, -0.15) is 0 Å². The molecule has 2 aliphatic rings. The van der Waals surface area contributed by atoms with Gasteiger partial charge in [-0.3, -0.25) is 0 Å². The Kier molecular flexibility index (Phi) is 2.46. The first kappa shape index (κ1) is 11.2. The van der Waals surface area contributed by atoms with E-state index in [1.54, 1.807) is 0 Å². The summed E-state index contributed by atoms with van der Waals surface area (Å²) in [5, 5.41) is 3.59. The summed E-state index contributed by atoms with van der Waals surface area (Å²) in [6.07, 6.45) is 2.49. The van der Waals surface area contributed by atoms with Crippen LogP contribution in [0.25, 0.3) is 11.1 Å². The number of rotatable bonds is 1. The lowest BCUT2D eigenvalue weighted by atomic mass is 9.95. The van der Waals surface area contributed by atoms with E-state index < -0.39 is 0 Å². The molecule has 1 heterocycles. The number of nitrogens with one attached hydrogen (secondary N) is 1. The van der Waals surface area contributed by atoms with Crippen molar-refractivity contribution in [3.8, 4) is 11.1 Å². The Morgan fingerprint density at radius 1 is 0.947 bits per heavy atom. The summed E-state index contributed by atoms with van der Waals surface area (Å²) >= 11 is 0. The second kappa shape index (κ2) is 4.17. The first-order chi connectivity index (χ1) is 9.31. The maximum absolute atomic E-state index is 13.0. The van der Waals surface area contributed by atoms with E-state index in [1.165, 1.54) is 41.7 Å². The number of piperidine rings is 1. The van der Waals surface area contributed by atoms with Crippen LogP contribution in [0.5, 0.6) is 0 Å². The average molecular weight is 253 g/mol. The van der Waals surface area contributed by atoms with Gasteiger partial charge in [0.1, 0.15) is 5.82 Å². The van der Waals surface area contributed by atoms with E-state index in [1.807, 2.05) is 12.1 Å². The van der Waals surface area contributed by atoms with E-state index in [0.717, 1.165) is 18.0 Å². The third-order valence-electron chi connectivity index (χ3n) is 4.48. The maximum Gasteiger partial charge on any atom is 0.123 e. The van der Waals surface area contributed by atoms with Crippen LogP contribution in [0.1, 0.15) is 35.9 Å². The fourth-order valence-electron chi connectivity index (χ4n) is 3.51. The molecule has 0 amide bonds. The molecule has 2 bridgehead atoms. The lowest BCUT2D eigenvalue weighted by Gasteiger charge is -2.20. The maximum atomic E-state index is 13.0. The fourth-order valence-corrected chi connectivity index (χ4v) is 3.51. The van der Waals surface area contributed by atoms with Crippen molar-refractivity contribution >= 4 is 0 Å². The fraction of sp³-hybridized carbons (Fsp3) is 0.294. The topological polar surface area (TPSA) is 12.0 Å². The van der Waals surface area contributed by atoms with Crippen molar-refractivity contribution in [2.75, 3.05) is 6.54 Å². The van der Waals surface area contributed by atoms with Gasteiger partial charge in [-0.25, -0.2) is 4.39 Å². The average Bonchev–Trinajstić information content (AvgIpc) is 2.71. The summed E-state index contributed by atoms with van der Waals surface area (Å²) in [5.74, 6) is 0.561. The molecular weight excluding hydrogens is 237 g/mol. The molecule has 4 rings (SSSR count). The highest BCUT2D eigenvalue weighted by molar-refractivity contribution is 5.66. The molecule has 19 heavy (non-hydrogen) atoms. The smallest absolute Gasteiger partial charge is 0.123 e. The summed E-state index contributed by atoms with van der Waals surface area (Å²) in [4.78, 5) is 0. The number of halogens is 1. The predicted octanol–water partition coefficient (Wildman–Crippen LogP) is 4.01. The number of hydrogen-bond donors (Lipinski definition) is 1. The molecule has 0 unspecified atom stereocenters. The van der Waals surface area contributed by atoms with Crippen molar-refractivity contribution in [2.45, 2.75) is 24.8 Å². The van der Waals surface area contributed by atoms with E-state index in [2.05, 4.69) is 23.5 Å². The van der Waals surface area contributed by atoms with E-state index in [9.17, 15) is 4.39 Å². The highest BCUT2D eigenvalue weighted by atomic mass is 19.1. The summed E-state index contributed by atoms with van der Waals surface area (Å²) in [6, 6.07) is 14.0. The Hall–Kier alpha value is -1.67. The second-order valence-electron chi connectivity index (χ2n) is 5.58. The molecule has 96 valence electrons. The molecule has 0 saturated carbocycles. The molecular formula is C17H16FN. The van der Waals surface area contributed by atoms with E-state index in [-0.39, 0.29) is 5.82 Å². The SMILES string of the molecule is Fc1ccc(-c2ccc3c(c2)[C@@H]2C[C@H]3CCN2)cc1. The molecule has 1 aliphatic heterocycles. The lowest BCUT2D eigenvalue weighted by molar-refractivity contribution is 0.410. The van der Waals surface area contributed by atoms with Crippen molar-refractivity contribution in [3.05, 3.63) is 59.4 Å². The van der Waals surface area contributed by atoms with E-state index in [0.29, 0.717) is 6.04 Å². The highest BCUT2D eigenvalue weighted by Gasteiger charge is 2.33. The molecule has 2 heteroatoms. The van der Waals surface area contributed by atoms with Gasteiger partial charge in [0.25, 0.3) is 0 Å². The first-order valence-electron chi connectivity index (χ1n) is 6.94. The molecule has 1 aliphatic carbocycles. The minimum absolute atomic E-state index is 0.178. The third-order valence-corrected chi connectivity index (χ3v) is 4.48. The van der Waals surface area contributed by atoms with Crippen molar-refractivity contribution < 1.29 is 4.39 Å². The Morgan fingerprint density at radius 3 is 2.58 bits per heavy atom. The quantitative estimate of drug-likeness (QED) is 0.809. The molecule has 2 atom stereocenters. The van der Waals surface area contributed by atoms with Gasteiger partial charge in [-0.15, -0.1) is 0 Å². The van der Waals surface area contributed by atoms with Gasteiger partial charge >= 0.3 is 0 Å². The van der Waals surface area contributed by atoms with Crippen LogP contribution in [0.15, 0.2) is 42.5 Å². The normalized spacial score (nSPS) is 24.3. The summed E-state index contributed by atoms with van der Waals surface area (Å²) in [5.41, 5.74) is 5.24. The Balaban J connectivity index is 1.78. The molecule has 0 spiro atoms. The number of hydrogen-bond acceptors (Lipinski definition) is 1. The zero-order valence-corrected chi connectivity index (χ0v) is 10.7. The van der Waals surface area contributed by atoms with Gasteiger partial charge in [0, 0.05) is 6.04 Å². The lowest BCUT2D eigenvalue weighted by Crippen LogP contribution is -2.25.